The van der Waals surface area contributed by atoms with Crippen molar-refractivity contribution in [3.8, 4) is 5.75 Å². The molecule has 8 rings (SSSR count). The summed E-state index contributed by atoms with van der Waals surface area (Å²) in [5.41, 5.74) is 6.68. The molecule has 3 aliphatic rings. The summed E-state index contributed by atoms with van der Waals surface area (Å²) in [6.45, 7) is 1.86. The van der Waals surface area contributed by atoms with Crippen molar-refractivity contribution < 1.29 is 19.1 Å². The minimum absolute atomic E-state index is 0.0928. The summed E-state index contributed by atoms with van der Waals surface area (Å²) in [6, 6.07) is 35.5. The largest absolute Gasteiger partial charge is 0.496 e. The van der Waals surface area contributed by atoms with E-state index in [1.54, 1.807) is 13.2 Å². The van der Waals surface area contributed by atoms with Crippen LogP contribution in [0.25, 0.3) is 16.8 Å². The van der Waals surface area contributed by atoms with E-state index in [9.17, 15) is 14.4 Å². The number of ether oxygens (including phenoxy) is 1. The van der Waals surface area contributed by atoms with E-state index in [1.165, 1.54) is 16.8 Å². The summed E-state index contributed by atoms with van der Waals surface area (Å²) in [4.78, 5) is 44.9. The van der Waals surface area contributed by atoms with Gasteiger partial charge in [-0.25, -0.2) is 9.69 Å². The van der Waals surface area contributed by atoms with Crippen LogP contribution in [0.2, 0.25) is 0 Å². The molecule has 47 heavy (non-hydrogen) atoms. The molecule has 5 aromatic rings. The maximum atomic E-state index is 14.4. The van der Waals surface area contributed by atoms with E-state index in [0.29, 0.717) is 17.0 Å². The number of fused-ring (bicyclic) bond motifs is 1. The lowest BCUT2D eigenvalue weighted by Gasteiger charge is -2.44. The molecule has 2 atom stereocenters. The molecule has 232 valence electrons. The average Bonchev–Trinajstić information content (AvgIpc) is 3.11. The molecule has 7 nitrogen and oxygen atoms in total. The van der Waals surface area contributed by atoms with E-state index < -0.39 is 17.8 Å². The van der Waals surface area contributed by atoms with E-state index in [4.69, 9.17) is 4.74 Å². The Hall–Kier alpha value is -5.69. The Morgan fingerprint density at radius 2 is 1.34 bits per heavy atom. The molecule has 0 spiro atoms. The monoisotopic (exact) mass is 619 g/mol. The van der Waals surface area contributed by atoms with Gasteiger partial charge in [-0.2, -0.15) is 0 Å². The minimum atomic E-state index is -0.759. The van der Waals surface area contributed by atoms with Crippen LogP contribution in [0.15, 0.2) is 115 Å². The summed E-state index contributed by atoms with van der Waals surface area (Å²) in [5, 5.41) is 4.22. The summed E-state index contributed by atoms with van der Waals surface area (Å²) in [7, 11) is 1.55. The molecule has 0 unspecified atom stereocenters. The van der Waals surface area contributed by atoms with Crippen molar-refractivity contribution >= 4 is 46.1 Å². The van der Waals surface area contributed by atoms with Crippen LogP contribution in [-0.4, -0.2) is 38.0 Å². The van der Waals surface area contributed by atoms with Gasteiger partial charge in [-0.3, -0.25) is 14.9 Å². The molecular weight excluding hydrogens is 586 g/mol. The molecule has 0 aromatic heterocycles. The van der Waals surface area contributed by atoms with Crippen molar-refractivity contribution in [1.29, 1.82) is 0 Å². The highest BCUT2D eigenvalue weighted by Gasteiger charge is 2.40. The molecule has 7 heteroatoms. The number of barbiturate groups is 1. The third-order valence-corrected chi connectivity index (χ3v) is 9.80. The van der Waals surface area contributed by atoms with Gasteiger partial charge in [0.15, 0.2) is 0 Å². The highest BCUT2D eigenvalue weighted by atomic mass is 16.5. The minimum Gasteiger partial charge on any atom is -0.496 e. The van der Waals surface area contributed by atoms with Gasteiger partial charge in [-0.15, -0.1) is 0 Å². The molecule has 5 aromatic carbocycles. The fourth-order valence-electron chi connectivity index (χ4n) is 7.61. The lowest BCUT2D eigenvalue weighted by Crippen LogP contribution is -2.54. The van der Waals surface area contributed by atoms with Gasteiger partial charge in [-0.05, 0) is 70.1 Å². The zero-order valence-electron chi connectivity index (χ0n) is 26.0. The smallest absolute Gasteiger partial charge is 0.335 e. The fourth-order valence-corrected chi connectivity index (χ4v) is 7.61. The number of methoxy groups -OCH3 is 1. The molecular formula is C40H33N3O4. The fraction of sp³-hybridized carbons (Fsp3) is 0.175. The van der Waals surface area contributed by atoms with Crippen molar-refractivity contribution in [2.45, 2.75) is 24.7 Å². The van der Waals surface area contributed by atoms with Crippen LogP contribution in [0.5, 0.6) is 5.75 Å². The second-order valence-corrected chi connectivity index (χ2v) is 12.3. The van der Waals surface area contributed by atoms with Gasteiger partial charge < -0.3 is 9.64 Å². The molecule has 1 saturated heterocycles. The molecule has 3 heterocycles. The zero-order valence-corrected chi connectivity index (χ0v) is 26.0. The summed E-state index contributed by atoms with van der Waals surface area (Å²) in [5.74, 6) is -0.696. The zero-order chi connectivity index (χ0) is 32.1. The van der Waals surface area contributed by atoms with Gasteiger partial charge in [0.2, 0.25) is 0 Å². The Kier molecular flexibility index (Phi) is 7.09. The van der Waals surface area contributed by atoms with Crippen molar-refractivity contribution in [3.63, 3.8) is 0 Å². The quantitative estimate of drug-likeness (QED) is 0.164. The predicted octanol–water partition coefficient (Wildman–Crippen LogP) is 7.39. The van der Waals surface area contributed by atoms with Crippen LogP contribution in [0, 0.1) is 0 Å². The van der Waals surface area contributed by atoms with Crippen molar-refractivity contribution in [2.24, 2.45) is 0 Å². The molecule has 1 fully saturated rings. The average molecular weight is 620 g/mol. The number of hydrogen-bond donors (Lipinski definition) is 1. The van der Waals surface area contributed by atoms with Gasteiger partial charge in [0.1, 0.15) is 11.3 Å². The normalized spacial score (nSPS) is 19.9. The lowest BCUT2D eigenvalue weighted by atomic mass is 9.76. The number of imide groups is 2. The molecule has 0 saturated carbocycles. The predicted molar refractivity (Wildman–Crippen MR) is 184 cm³/mol. The summed E-state index contributed by atoms with van der Waals surface area (Å²) >= 11 is 0. The molecule has 0 aliphatic carbocycles. The molecule has 0 bridgehead atoms. The highest BCUT2D eigenvalue weighted by molar-refractivity contribution is 6.39. The van der Waals surface area contributed by atoms with E-state index in [2.05, 4.69) is 58.7 Å². The van der Waals surface area contributed by atoms with E-state index in [0.717, 1.165) is 52.7 Å². The van der Waals surface area contributed by atoms with Crippen LogP contribution in [-0.2, 0) is 9.59 Å². The Morgan fingerprint density at radius 3 is 1.96 bits per heavy atom. The number of carbonyl (C=O) groups excluding carboxylic acids is 3. The Balaban J connectivity index is 1.30. The second-order valence-electron chi connectivity index (χ2n) is 12.3. The van der Waals surface area contributed by atoms with Crippen molar-refractivity contribution in [1.82, 2.24) is 5.32 Å². The number of rotatable bonds is 5. The second kappa shape index (κ2) is 11.6. The van der Waals surface area contributed by atoms with E-state index in [-0.39, 0.29) is 17.4 Å². The van der Waals surface area contributed by atoms with E-state index in [1.807, 2.05) is 60.7 Å². The number of nitrogens with one attached hydrogen (secondary N) is 1. The SMILES string of the molecule is COc1ccc2ccccc2c1/C=C1\C(=O)NC(=O)N(c2cc3c4c(c2)[C@H](c2ccccc2)CCN4CC[C@H]3c2ccccc2)C1=O. The summed E-state index contributed by atoms with van der Waals surface area (Å²) < 4.78 is 5.64. The van der Waals surface area contributed by atoms with Crippen LogP contribution in [0.3, 0.4) is 0 Å². The number of anilines is 2. The Bertz CT molecular complexity index is 2020. The first-order valence-corrected chi connectivity index (χ1v) is 16.0. The van der Waals surface area contributed by atoms with Gasteiger partial charge in [-0.1, -0.05) is 91.0 Å². The molecule has 0 radical (unpaired) electrons. The number of amides is 4. The van der Waals surface area contributed by atoms with Gasteiger partial charge in [0.05, 0.1) is 12.8 Å². The number of benzene rings is 5. The maximum absolute atomic E-state index is 14.4. The molecule has 4 amide bonds. The maximum Gasteiger partial charge on any atom is 0.335 e. The number of urea groups is 1. The van der Waals surface area contributed by atoms with Crippen LogP contribution >= 0.6 is 0 Å². The van der Waals surface area contributed by atoms with Crippen molar-refractivity contribution in [2.75, 3.05) is 30.0 Å². The third kappa shape index (κ3) is 4.86. The standard InChI is InChI=1S/C40H33N3O4/c1-47-36-17-16-27-14-8-9-15-29(27)32(36)24-35-38(44)41-40(46)43(39(35)45)28-22-33-30(25-10-4-2-5-11-25)18-20-42-21-19-31(34(23-28)37(33)42)26-12-6-3-7-13-26/h2-17,22-24,30-31H,18-21H2,1H3,(H,41,44,46)/b35-24+/t30-,31-/m0/s1. The first-order valence-electron chi connectivity index (χ1n) is 16.0. The Labute approximate surface area is 273 Å². The first kappa shape index (κ1) is 28.8. The highest BCUT2D eigenvalue weighted by Crippen LogP contribution is 2.50. The van der Waals surface area contributed by atoms with E-state index >= 15 is 0 Å². The van der Waals surface area contributed by atoms with Gasteiger partial charge in [0, 0.05) is 36.2 Å². The third-order valence-electron chi connectivity index (χ3n) is 9.80. The molecule has 3 aliphatic heterocycles. The van der Waals surface area contributed by atoms with Crippen LogP contribution in [0.1, 0.15) is 52.5 Å². The van der Waals surface area contributed by atoms with Gasteiger partial charge >= 0.3 is 6.03 Å². The number of carbonyl (C=O) groups is 3. The first-order chi connectivity index (χ1) is 23.0. The lowest BCUT2D eigenvalue weighted by molar-refractivity contribution is -0.122. The number of hydrogen-bond acceptors (Lipinski definition) is 5. The van der Waals surface area contributed by atoms with Crippen LogP contribution < -0.4 is 19.9 Å². The summed E-state index contributed by atoms with van der Waals surface area (Å²) in [6.07, 6.45) is 3.38. The Morgan fingerprint density at radius 1 is 0.745 bits per heavy atom. The van der Waals surface area contributed by atoms with Crippen LogP contribution in [0.4, 0.5) is 16.2 Å². The topological polar surface area (TPSA) is 79.0 Å². The number of nitrogens with zero attached hydrogens (tertiary/aromatic N) is 2. The van der Waals surface area contributed by atoms with Gasteiger partial charge in [0.25, 0.3) is 11.8 Å². The van der Waals surface area contributed by atoms with Crippen molar-refractivity contribution in [3.05, 3.63) is 143 Å². The molecule has 1 N–H and O–H groups in total.